The molecule has 0 spiro atoms. The number of carbonyl (C=O) groups excluding carboxylic acids is 1. The van der Waals surface area contributed by atoms with Gasteiger partial charge in [-0.25, -0.2) is 0 Å². The fraction of sp³-hybridized carbons (Fsp3) is 0.344. The molecule has 0 aromatic heterocycles. The van der Waals surface area contributed by atoms with Gasteiger partial charge in [-0.05, 0) is 74.2 Å². The zero-order valence-electron chi connectivity index (χ0n) is 23.9. The maximum absolute atomic E-state index is 10.3. The van der Waals surface area contributed by atoms with Gasteiger partial charge >= 0.3 is 11.9 Å². The topological polar surface area (TPSA) is 179 Å². The average Bonchev–Trinajstić information content (AvgIpc) is 2.98. The first-order chi connectivity index (χ1) is 19.8. The predicted molar refractivity (Wildman–Crippen MR) is 163 cm³/mol. The van der Waals surface area contributed by atoms with E-state index in [1.54, 1.807) is 36.4 Å². The van der Waals surface area contributed by atoms with E-state index in [0.717, 1.165) is 56.4 Å². The van der Waals surface area contributed by atoms with Crippen molar-refractivity contribution in [1.29, 1.82) is 0 Å². The molecule has 9 heteroatoms. The number of rotatable bonds is 13. The summed E-state index contributed by atoms with van der Waals surface area (Å²) in [7, 11) is 0. The summed E-state index contributed by atoms with van der Waals surface area (Å²) < 4.78 is 5.34. The minimum absolute atomic E-state index is 0.112. The van der Waals surface area contributed by atoms with Crippen molar-refractivity contribution >= 4 is 18.2 Å². The van der Waals surface area contributed by atoms with Crippen molar-refractivity contribution in [2.24, 2.45) is 17.2 Å². The normalized spacial score (nSPS) is 10.2. The second kappa shape index (κ2) is 25.0. The maximum Gasteiger partial charge on any atom is 0.320 e. The van der Waals surface area contributed by atoms with Crippen molar-refractivity contribution in [3.63, 3.8) is 0 Å². The van der Waals surface area contributed by atoms with Crippen LogP contribution in [0.3, 0.4) is 0 Å². The number of aldehydes is 1. The summed E-state index contributed by atoms with van der Waals surface area (Å²) in [4.78, 5) is 30.6. The highest BCUT2D eigenvalue weighted by Gasteiger charge is 2.09. The van der Waals surface area contributed by atoms with Crippen LogP contribution in [0.4, 0.5) is 0 Å². The van der Waals surface area contributed by atoms with E-state index in [9.17, 15) is 14.4 Å². The minimum Gasteiger partial charge on any atom is -0.494 e. The van der Waals surface area contributed by atoms with Gasteiger partial charge in [-0.3, -0.25) is 14.4 Å². The number of carbonyl (C=O) groups is 3. The summed E-state index contributed by atoms with van der Waals surface area (Å²) in [6.07, 6.45) is 5.08. The number of unbranched alkanes of at least 4 members (excludes halogenated alkanes) is 1. The minimum atomic E-state index is -0.933. The lowest BCUT2D eigenvalue weighted by Crippen LogP contribution is -2.29. The fourth-order valence-electron chi connectivity index (χ4n) is 3.08. The molecule has 9 nitrogen and oxygen atoms in total. The molecule has 41 heavy (non-hydrogen) atoms. The van der Waals surface area contributed by atoms with Crippen LogP contribution in [0.1, 0.15) is 54.1 Å². The van der Waals surface area contributed by atoms with Crippen LogP contribution in [0.2, 0.25) is 0 Å². The van der Waals surface area contributed by atoms with Gasteiger partial charge in [-0.2, -0.15) is 0 Å². The number of hydrogen-bond acceptors (Lipinski definition) is 7. The van der Waals surface area contributed by atoms with Crippen molar-refractivity contribution in [3.8, 4) is 5.75 Å². The first-order valence-corrected chi connectivity index (χ1v) is 13.6. The summed E-state index contributed by atoms with van der Waals surface area (Å²) >= 11 is 0. The second-order valence-electron chi connectivity index (χ2n) is 8.84. The quantitative estimate of drug-likeness (QED) is 0.148. The molecule has 0 heterocycles. The van der Waals surface area contributed by atoms with Gasteiger partial charge in [0.1, 0.15) is 18.1 Å². The number of hydrogen-bond donors (Lipinski definition) is 5. The highest BCUT2D eigenvalue weighted by atomic mass is 16.5. The van der Waals surface area contributed by atoms with Crippen molar-refractivity contribution in [1.82, 2.24) is 0 Å². The number of carboxylic acid groups (broad SMARTS) is 2. The standard InChI is InChI=1S/C10H12O2.C8H11N.C8H8O2.C6H14N2O2/c1-2-7-12-10-5-3-9(8-11)4-6-10;9-7-6-8-4-2-1-3-5-8;9-8(10)6-7-4-2-1-3-5-7;7-4-2-1-3-5(8)6(9)10/h3-6,8H,2,7H2,1H3;1-5H,6-7,9H2;1-5H,6H2,(H,9,10);5H,1-4,7-8H2,(H,9,10). The maximum atomic E-state index is 10.3. The van der Waals surface area contributed by atoms with Gasteiger partial charge in [0.2, 0.25) is 0 Å². The Morgan fingerprint density at radius 2 is 1.39 bits per heavy atom. The number of aliphatic carboxylic acids is 2. The van der Waals surface area contributed by atoms with Gasteiger partial charge in [0.05, 0.1) is 13.0 Å². The van der Waals surface area contributed by atoms with Crippen LogP contribution in [0.5, 0.6) is 5.75 Å². The third-order valence-corrected chi connectivity index (χ3v) is 5.25. The van der Waals surface area contributed by atoms with Gasteiger partial charge in [-0.15, -0.1) is 0 Å². The van der Waals surface area contributed by atoms with Crippen LogP contribution in [0, 0.1) is 0 Å². The number of ether oxygens (including phenoxy) is 1. The smallest absolute Gasteiger partial charge is 0.320 e. The number of benzene rings is 3. The highest BCUT2D eigenvalue weighted by molar-refractivity contribution is 5.74. The molecule has 0 bridgehead atoms. The molecule has 8 N–H and O–H groups in total. The van der Waals surface area contributed by atoms with Gasteiger partial charge in [-0.1, -0.05) is 74.0 Å². The molecule has 0 saturated carbocycles. The van der Waals surface area contributed by atoms with E-state index in [1.807, 2.05) is 36.4 Å². The summed E-state index contributed by atoms with van der Waals surface area (Å²) in [5, 5.41) is 16.7. The zero-order valence-corrected chi connectivity index (χ0v) is 23.9. The third-order valence-electron chi connectivity index (χ3n) is 5.25. The Hall–Kier alpha value is -4.05. The summed E-state index contributed by atoms with van der Waals surface area (Å²) in [6.45, 7) is 4.12. The van der Waals surface area contributed by atoms with E-state index in [4.69, 9.17) is 32.2 Å². The fourth-order valence-corrected chi connectivity index (χ4v) is 3.08. The first kappa shape index (κ1) is 37.0. The van der Waals surface area contributed by atoms with Crippen LogP contribution in [0.25, 0.3) is 0 Å². The Bertz CT molecular complexity index is 1060. The average molecular weight is 568 g/mol. The predicted octanol–water partition coefficient (Wildman–Crippen LogP) is 4.32. The Morgan fingerprint density at radius 3 is 1.83 bits per heavy atom. The molecule has 1 atom stereocenters. The summed E-state index contributed by atoms with van der Waals surface area (Å²) in [5.74, 6) is -0.898. The van der Waals surface area contributed by atoms with E-state index in [-0.39, 0.29) is 6.42 Å². The Kier molecular flexibility index (Phi) is 22.5. The summed E-state index contributed by atoms with van der Waals surface area (Å²) in [6, 6.07) is 25.8. The van der Waals surface area contributed by atoms with Crippen LogP contribution < -0.4 is 21.9 Å². The molecule has 0 aliphatic heterocycles. The van der Waals surface area contributed by atoms with Crippen molar-refractivity contribution in [2.75, 3.05) is 19.7 Å². The molecule has 0 aliphatic rings. The molecule has 3 rings (SSSR count). The first-order valence-electron chi connectivity index (χ1n) is 13.6. The molecule has 0 amide bonds. The van der Waals surface area contributed by atoms with Crippen molar-refractivity contribution in [2.45, 2.75) is 51.5 Å². The number of carboxylic acids is 2. The molecular weight excluding hydrogens is 522 g/mol. The second-order valence-corrected chi connectivity index (χ2v) is 8.84. The third kappa shape index (κ3) is 21.5. The van der Waals surface area contributed by atoms with E-state index in [0.29, 0.717) is 18.5 Å². The highest BCUT2D eigenvalue weighted by Crippen LogP contribution is 2.10. The molecule has 0 aliphatic carbocycles. The van der Waals surface area contributed by atoms with E-state index in [2.05, 4.69) is 19.1 Å². The molecule has 0 saturated heterocycles. The lowest BCUT2D eigenvalue weighted by Gasteiger charge is -2.03. The summed E-state index contributed by atoms with van der Waals surface area (Å²) in [5.41, 5.74) is 18.6. The molecule has 0 fully saturated rings. The number of nitrogens with two attached hydrogens (primary N) is 3. The lowest BCUT2D eigenvalue weighted by molar-refractivity contribution is -0.139. The van der Waals surface area contributed by atoms with Gasteiger partial charge < -0.3 is 32.2 Å². The van der Waals surface area contributed by atoms with Gasteiger partial charge in [0.25, 0.3) is 0 Å². The molecular formula is C32H45N3O6. The van der Waals surface area contributed by atoms with Gasteiger partial charge in [0.15, 0.2) is 0 Å². The largest absolute Gasteiger partial charge is 0.494 e. The van der Waals surface area contributed by atoms with E-state index in [1.165, 1.54) is 5.56 Å². The SMILES string of the molecule is CCCOc1ccc(C=O)cc1.NCCCCC(N)C(=O)O.NCCc1ccccc1.O=C(O)Cc1ccccc1. The molecule has 3 aromatic carbocycles. The molecule has 224 valence electrons. The molecule has 0 radical (unpaired) electrons. The van der Waals surface area contributed by atoms with Crippen molar-refractivity contribution < 1.29 is 29.3 Å². The van der Waals surface area contributed by atoms with Crippen molar-refractivity contribution in [3.05, 3.63) is 102 Å². The molecule has 3 aromatic rings. The van der Waals surface area contributed by atoms with Crippen LogP contribution in [-0.2, 0) is 22.4 Å². The lowest BCUT2D eigenvalue weighted by atomic mass is 10.1. The Balaban J connectivity index is 0.000000523. The van der Waals surface area contributed by atoms with Crippen LogP contribution >= 0.6 is 0 Å². The van der Waals surface area contributed by atoms with Crippen LogP contribution in [-0.4, -0.2) is 54.2 Å². The van der Waals surface area contributed by atoms with Gasteiger partial charge in [0, 0.05) is 5.56 Å². The van der Waals surface area contributed by atoms with Crippen LogP contribution in [0.15, 0.2) is 84.9 Å². The Morgan fingerprint density at radius 1 is 0.829 bits per heavy atom. The molecule has 1 unspecified atom stereocenters. The monoisotopic (exact) mass is 567 g/mol. The van der Waals surface area contributed by atoms with E-state index >= 15 is 0 Å². The van der Waals surface area contributed by atoms with E-state index < -0.39 is 18.0 Å². The Labute approximate surface area is 243 Å². The zero-order chi connectivity index (χ0) is 30.7.